The highest BCUT2D eigenvalue weighted by Crippen LogP contribution is 2.25. The summed E-state index contributed by atoms with van der Waals surface area (Å²) >= 11 is 3.26. The molecule has 2 aromatic rings. The van der Waals surface area contributed by atoms with Crippen LogP contribution in [-0.2, 0) is 0 Å². The molecule has 0 atom stereocenters. The number of pyridine rings is 1. The van der Waals surface area contributed by atoms with Crippen molar-refractivity contribution in [2.45, 2.75) is 0 Å². The molecule has 1 heterocycles. The maximum atomic E-state index is 13.2. The van der Waals surface area contributed by atoms with Crippen molar-refractivity contribution in [2.24, 2.45) is 0 Å². The van der Waals surface area contributed by atoms with E-state index in [0.29, 0.717) is 5.75 Å². The molecule has 0 amide bonds. The number of rotatable bonds is 2. The first kappa shape index (κ1) is 10.1. The second-order valence-corrected chi connectivity index (χ2v) is 3.79. The fraction of sp³-hybridized carbons (Fsp3) is 0. The van der Waals surface area contributed by atoms with Crippen LogP contribution in [0.5, 0.6) is 11.5 Å². The Hall–Kier alpha value is -1.42. The van der Waals surface area contributed by atoms with Crippen LogP contribution in [0.2, 0.25) is 0 Å². The van der Waals surface area contributed by atoms with Crippen LogP contribution in [0.25, 0.3) is 0 Å². The van der Waals surface area contributed by atoms with Gasteiger partial charge in [-0.05, 0) is 34.1 Å². The van der Waals surface area contributed by atoms with Crippen molar-refractivity contribution in [3.63, 3.8) is 0 Å². The van der Waals surface area contributed by atoms with E-state index in [1.54, 1.807) is 30.5 Å². The quantitative estimate of drug-likeness (QED) is 0.826. The fourth-order valence-corrected chi connectivity index (χ4v) is 1.45. The van der Waals surface area contributed by atoms with Crippen LogP contribution >= 0.6 is 15.9 Å². The third kappa shape index (κ3) is 2.53. The lowest BCUT2D eigenvalue weighted by molar-refractivity contribution is 0.440. The van der Waals surface area contributed by atoms with E-state index in [0.717, 1.165) is 4.47 Å². The van der Waals surface area contributed by atoms with E-state index in [1.165, 1.54) is 12.3 Å². The van der Waals surface area contributed by atoms with Crippen molar-refractivity contribution in [2.75, 3.05) is 0 Å². The molecule has 1 aromatic heterocycles. The average Bonchev–Trinajstić information content (AvgIpc) is 2.22. The topological polar surface area (TPSA) is 22.1 Å². The van der Waals surface area contributed by atoms with E-state index in [9.17, 15) is 4.39 Å². The average molecular weight is 268 g/mol. The first-order chi connectivity index (χ1) is 7.25. The van der Waals surface area contributed by atoms with Crippen LogP contribution in [0.3, 0.4) is 0 Å². The lowest BCUT2D eigenvalue weighted by Crippen LogP contribution is -1.88. The van der Waals surface area contributed by atoms with Gasteiger partial charge in [0.25, 0.3) is 0 Å². The Labute approximate surface area is 94.9 Å². The third-order valence-corrected chi connectivity index (χ3v) is 2.18. The van der Waals surface area contributed by atoms with Crippen molar-refractivity contribution < 1.29 is 9.13 Å². The van der Waals surface area contributed by atoms with Gasteiger partial charge >= 0.3 is 0 Å². The fourth-order valence-electron chi connectivity index (χ4n) is 1.10. The smallest absolute Gasteiger partial charge is 0.165 e. The Morgan fingerprint density at radius 3 is 2.73 bits per heavy atom. The third-order valence-electron chi connectivity index (χ3n) is 1.74. The number of para-hydroxylation sites is 1. The van der Waals surface area contributed by atoms with Crippen LogP contribution in [0.4, 0.5) is 4.39 Å². The Bertz CT molecular complexity index is 476. The van der Waals surface area contributed by atoms with Gasteiger partial charge in [0.1, 0.15) is 5.75 Å². The van der Waals surface area contributed by atoms with Crippen LogP contribution in [0.1, 0.15) is 0 Å². The molecule has 15 heavy (non-hydrogen) atoms. The van der Waals surface area contributed by atoms with E-state index in [-0.39, 0.29) is 5.75 Å². The van der Waals surface area contributed by atoms with Crippen LogP contribution in [-0.4, -0.2) is 4.98 Å². The van der Waals surface area contributed by atoms with Gasteiger partial charge < -0.3 is 4.74 Å². The van der Waals surface area contributed by atoms with E-state index in [1.807, 2.05) is 0 Å². The van der Waals surface area contributed by atoms with Gasteiger partial charge in [-0.25, -0.2) is 4.39 Å². The number of halogens is 2. The monoisotopic (exact) mass is 267 g/mol. The number of benzene rings is 1. The molecule has 1 aromatic carbocycles. The van der Waals surface area contributed by atoms with Crippen molar-refractivity contribution in [3.8, 4) is 11.5 Å². The summed E-state index contributed by atoms with van der Waals surface area (Å²) in [6, 6.07) is 7.96. The number of hydrogen-bond donors (Lipinski definition) is 0. The molecule has 0 saturated heterocycles. The molecule has 2 nitrogen and oxygen atoms in total. The molecular weight excluding hydrogens is 261 g/mol. The maximum absolute atomic E-state index is 13.2. The molecular formula is C11H7BrFNO. The summed E-state index contributed by atoms with van der Waals surface area (Å²) in [5, 5.41) is 0. The van der Waals surface area contributed by atoms with Gasteiger partial charge in [-0.3, -0.25) is 4.98 Å². The summed E-state index contributed by atoms with van der Waals surface area (Å²) in [4.78, 5) is 3.92. The number of aromatic nitrogens is 1. The summed E-state index contributed by atoms with van der Waals surface area (Å²) in [7, 11) is 0. The summed E-state index contributed by atoms with van der Waals surface area (Å²) in [5.74, 6) is 0.296. The largest absolute Gasteiger partial charge is 0.453 e. The minimum atomic E-state index is -0.391. The SMILES string of the molecule is Fc1ccccc1Oc1cncc(Br)c1. The molecule has 0 N–H and O–H groups in total. The molecule has 0 bridgehead atoms. The Balaban J connectivity index is 2.26. The Kier molecular flexibility index (Phi) is 2.97. The standard InChI is InChI=1S/C11H7BrFNO/c12-8-5-9(7-14-6-8)15-11-4-2-1-3-10(11)13/h1-7H. The summed E-state index contributed by atoms with van der Waals surface area (Å²) in [6.45, 7) is 0. The maximum Gasteiger partial charge on any atom is 0.165 e. The number of hydrogen-bond acceptors (Lipinski definition) is 2. The van der Waals surface area contributed by atoms with Gasteiger partial charge in [0, 0.05) is 10.7 Å². The van der Waals surface area contributed by atoms with Gasteiger partial charge in [0.15, 0.2) is 11.6 Å². The molecule has 76 valence electrons. The highest BCUT2D eigenvalue weighted by atomic mass is 79.9. The minimum Gasteiger partial charge on any atom is -0.453 e. The van der Waals surface area contributed by atoms with Crippen molar-refractivity contribution >= 4 is 15.9 Å². The van der Waals surface area contributed by atoms with Crippen LogP contribution < -0.4 is 4.74 Å². The van der Waals surface area contributed by atoms with Crippen molar-refractivity contribution in [1.82, 2.24) is 4.98 Å². The van der Waals surface area contributed by atoms with Crippen LogP contribution in [0, 0.1) is 5.82 Å². The molecule has 0 radical (unpaired) electrons. The first-order valence-electron chi connectivity index (χ1n) is 4.28. The second-order valence-electron chi connectivity index (χ2n) is 2.87. The number of nitrogens with zero attached hydrogens (tertiary/aromatic N) is 1. The van der Waals surface area contributed by atoms with E-state index in [4.69, 9.17) is 4.74 Å². The molecule has 4 heteroatoms. The zero-order chi connectivity index (χ0) is 10.7. The predicted octanol–water partition coefficient (Wildman–Crippen LogP) is 3.78. The van der Waals surface area contributed by atoms with Crippen molar-refractivity contribution in [3.05, 3.63) is 53.0 Å². The molecule has 0 spiro atoms. The lowest BCUT2D eigenvalue weighted by Gasteiger charge is -2.05. The van der Waals surface area contributed by atoms with E-state index < -0.39 is 5.82 Å². The Morgan fingerprint density at radius 1 is 1.20 bits per heavy atom. The molecule has 0 fully saturated rings. The highest BCUT2D eigenvalue weighted by molar-refractivity contribution is 9.10. The lowest BCUT2D eigenvalue weighted by atomic mass is 10.3. The predicted molar refractivity (Wildman–Crippen MR) is 58.4 cm³/mol. The number of ether oxygens (including phenoxy) is 1. The molecule has 2 rings (SSSR count). The van der Waals surface area contributed by atoms with Gasteiger partial charge in [0.05, 0.1) is 6.20 Å². The van der Waals surface area contributed by atoms with E-state index in [2.05, 4.69) is 20.9 Å². The summed E-state index contributed by atoms with van der Waals surface area (Å²) in [6.07, 6.45) is 3.16. The first-order valence-corrected chi connectivity index (χ1v) is 5.08. The van der Waals surface area contributed by atoms with Gasteiger partial charge in [-0.15, -0.1) is 0 Å². The van der Waals surface area contributed by atoms with Crippen molar-refractivity contribution in [1.29, 1.82) is 0 Å². The summed E-state index contributed by atoms with van der Waals surface area (Å²) < 4.78 is 19.3. The zero-order valence-corrected chi connectivity index (χ0v) is 9.24. The summed E-state index contributed by atoms with van der Waals surface area (Å²) in [5.41, 5.74) is 0. The zero-order valence-electron chi connectivity index (χ0n) is 7.65. The molecule has 0 aliphatic carbocycles. The van der Waals surface area contributed by atoms with Gasteiger partial charge in [0.2, 0.25) is 0 Å². The van der Waals surface area contributed by atoms with Gasteiger partial charge in [-0.1, -0.05) is 12.1 Å². The molecule has 0 aliphatic rings. The molecule has 0 unspecified atom stereocenters. The van der Waals surface area contributed by atoms with E-state index >= 15 is 0 Å². The molecule has 0 aliphatic heterocycles. The minimum absolute atomic E-state index is 0.192. The highest BCUT2D eigenvalue weighted by Gasteiger charge is 2.03. The second kappa shape index (κ2) is 4.40. The Morgan fingerprint density at radius 2 is 2.00 bits per heavy atom. The van der Waals surface area contributed by atoms with Crippen LogP contribution in [0.15, 0.2) is 47.2 Å². The molecule has 0 saturated carbocycles. The normalized spacial score (nSPS) is 10.0. The van der Waals surface area contributed by atoms with Gasteiger partial charge in [-0.2, -0.15) is 0 Å².